The third-order valence-electron chi connectivity index (χ3n) is 3.38. The molecule has 0 heterocycles. The molecular weight excluding hydrogens is 333 g/mol. The number of halogens is 3. The van der Waals surface area contributed by atoms with Gasteiger partial charge in [-0.3, -0.25) is 9.59 Å². The van der Waals surface area contributed by atoms with Crippen LogP contribution in [0.4, 0.5) is 24.5 Å². The van der Waals surface area contributed by atoms with Crippen LogP contribution in [-0.2, 0) is 11.0 Å². The van der Waals surface area contributed by atoms with Gasteiger partial charge in [0.25, 0.3) is 5.91 Å². The summed E-state index contributed by atoms with van der Waals surface area (Å²) in [5, 5.41) is 4.59. The van der Waals surface area contributed by atoms with E-state index in [1.54, 1.807) is 26.0 Å². The number of nitrogens with one attached hydrogen (secondary N) is 2. The lowest BCUT2D eigenvalue weighted by atomic mass is 10.1. The second kappa shape index (κ2) is 6.96. The zero-order chi connectivity index (χ0) is 18.8. The molecule has 0 fully saturated rings. The van der Waals surface area contributed by atoms with Gasteiger partial charge in [0.05, 0.1) is 11.3 Å². The van der Waals surface area contributed by atoms with Crippen molar-refractivity contribution in [1.29, 1.82) is 0 Å². The Morgan fingerprint density at radius 2 is 1.52 bits per heavy atom. The van der Waals surface area contributed by atoms with Crippen molar-refractivity contribution in [2.24, 2.45) is 0 Å². The highest BCUT2D eigenvalue weighted by molar-refractivity contribution is 6.05. The van der Waals surface area contributed by atoms with Crippen molar-refractivity contribution in [3.05, 3.63) is 58.7 Å². The van der Waals surface area contributed by atoms with Crippen molar-refractivity contribution in [3.8, 4) is 0 Å². The van der Waals surface area contributed by atoms with Crippen LogP contribution in [0, 0.1) is 13.8 Å². The number of aryl methyl sites for hydroxylation is 2. The molecule has 0 spiro atoms. The highest BCUT2D eigenvalue weighted by Crippen LogP contribution is 2.36. The topological polar surface area (TPSA) is 58.2 Å². The summed E-state index contributed by atoms with van der Waals surface area (Å²) >= 11 is 0. The smallest absolute Gasteiger partial charge is 0.326 e. The van der Waals surface area contributed by atoms with Gasteiger partial charge in [-0.1, -0.05) is 17.2 Å². The van der Waals surface area contributed by atoms with E-state index < -0.39 is 23.6 Å². The van der Waals surface area contributed by atoms with Gasteiger partial charge in [-0.05, 0) is 44.2 Å². The second-order valence-electron chi connectivity index (χ2n) is 5.77. The first kappa shape index (κ1) is 18.5. The summed E-state index contributed by atoms with van der Waals surface area (Å²) in [6.45, 7) is 4.79. The molecule has 0 aromatic heterocycles. The molecule has 2 aromatic rings. The fraction of sp³-hybridized carbons (Fsp3) is 0.222. The molecular formula is C18H17F3N2O2. The number of rotatable bonds is 3. The number of alkyl halides is 3. The lowest BCUT2D eigenvalue weighted by molar-refractivity contribution is -0.137. The molecule has 132 valence electrons. The van der Waals surface area contributed by atoms with Gasteiger partial charge in [0.15, 0.2) is 0 Å². The van der Waals surface area contributed by atoms with Crippen LogP contribution in [0.2, 0.25) is 0 Å². The Labute approximate surface area is 143 Å². The number of carbonyl (C=O) groups is 2. The van der Waals surface area contributed by atoms with Gasteiger partial charge in [-0.15, -0.1) is 0 Å². The first-order valence-electron chi connectivity index (χ1n) is 7.45. The number of hydrogen-bond donors (Lipinski definition) is 2. The van der Waals surface area contributed by atoms with E-state index in [4.69, 9.17) is 0 Å². The molecule has 0 atom stereocenters. The zero-order valence-corrected chi connectivity index (χ0v) is 13.9. The summed E-state index contributed by atoms with van der Waals surface area (Å²) in [4.78, 5) is 23.3. The van der Waals surface area contributed by atoms with Gasteiger partial charge >= 0.3 is 6.18 Å². The Hall–Kier alpha value is -2.83. The third kappa shape index (κ3) is 4.82. The third-order valence-corrected chi connectivity index (χ3v) is 3.38. The Morgan fingerprint density at radius 1 is 0.920 bits per heavy atom. The van der Waals surface area contributed by atoms with Crippen molar-refractivity contribution < 1.29 is 22.8 Å². The van der Waals surface area contributed by atoms with Crippen LogP contribution in [-0.4, -0.2) is 11.8 Å². The maximum atomic E-state index is 13.3. The SMILES string of the molecule is CC(=O)Nc1ccc(NC(=O)c2cc(C)cc(C)c2)c(C(F)(F)F)c1. The monoisotopic (exact) mass is 350 g/mol. The van der Waals surface area contributed by atoms with E-state index in [1.165, 1.54) is 13.0 Å². The maximum absolute atomic E-state index is 13.3. The molecule has 0 saturated carbocycles. The molecule has 0 radical (unpaired) electrons. The number of hydrogen-bond acceptors (Lipinski definition) is 2. The van der Waals surface area contributed by atoms with Crippen LogP contribution in [0.3, 0.4) is 0 Å². The lowest BCUT2D eigenvalue weighted by Crippen LogP contribution is -2.17. The number of benzene rings is 2. The fourth-order valence-electron chi connectivity index (χ4n) is 2.47. The molecule has 2 N–H and O–H groups in total. The molecule has 2 aromatic carbocycles. The minimum atomic E-state index is -4.68. The van der Waals surface area contributed by atoms with Gasteiger partial charge in [0.2, 0.25) is 5.91 Å². The van der Waals surface area contributed by atoms with E-state index in [0.29, 0.717) is 0 Å². The van der Waals surface area contributed by atoms with Crippen LogP contribution < -0.4 is 10.6 Å². The van der Waals surface area contributed by atoms with E-state index in [1.807, 2.05) is 6.07 Å². The van der Waals surface area contributed by atoms with Gasteiger partial charge in [-0.25, -0.2) is 0 Å². The average Bonchev–Trinajstić information content (AvgIpc) is 2.46. The van der Waals surface area contributed by atoms with Crippen molar-refractivity contribution in [3.63, 3.8) is 0 Å². The number of carbonyl (C=O) groups excluding carboxylic acids is 2. The van der Waals surface area contributed by atoms with E-state index in [-0.39, 0.29) is 16.9 Å². The quantitative estimate of drug-likeness (QED) is 0.854. The predicted molar refractivity (Wildman–Crippen MR) is 89.6 cm³/mol. The van der Waals surface area contributed by atoms with Crippen molar-refractivity contribution in [2.75, 3.05) is 10.6 Å². The van der Waals surface area contributed by atoms with Crippen LogP contribution in [0.5, 0.6) is 0 Å². The lowest BCUT2D eigenvalue weighted by Gasteiger charge is -2.16. The minimum Gasteiger partial charge on any atom is -0.326 e. The number of amides is 2. The Morgan fingerprint density at radius 3 is 2.04 bits per heavy atom. The zero-order valence-electron chi connectivity index (χ0n) is 13.9. The van der Waals surface area contributed by atoms with Crippen LogP contribution in [0.15, 0.2) is 36.4 Å². The summed E-state index contributed by atoms with van der Waals surface area (Å²) in [5.41, 5.74) is 0.549. The molecule has 4 nitrogen and oxygen atoms in total. The van der Waals surface area contributed by atoms with E-state index in [2.05, 4.69) is 10.6 Å². The molecule has 2 rings (SSSR count). The molecule has 2 amide bonds. The molecule has 0 bridgehead atoms. The Balaban J connectivity index is 2.37. The van der Waals surface area contributed by atoms with Gasteiger partial charge < -0.3 is 10.6 Å². The Bertz CT molecular complexity index is 809. The summed E-state index contributed by atoms with van der Waals surface area (Å²) in [6.07, 6.45) is -4.68. The van der Waals surface area contributed by atoms with Crippen LogP contribution in [0.1, 0.15) is 34.0 Å². The molecule has 0 aliphatic rings. The summed E-state index contributed by atoms with van der Waals surface area (Å²) < 4.78 is 39.8. The summed E-state index contributed by atoms with van der Waals surface area (Å²) in [7, 11) is 0. The fourth-order valence-corrected chi connectivity index (χ4v) is 2.47. The van der Waals surface area contributed by atoms with Gasteiger partial charge in [0, 0.05) is 18.2 Å². The first-order chi connectivity index (χ1) is 11.6. The van der Waals surface area contributed by atoms with Crippen LogP contribution >= 0.6 is 0 Å². The standard InChI is InChI=1S/C18H17F3N2O2/c1-10-6-11(2)8-13(7-10)17(25)23-16-5-4-14(22-12(3)24)9-15(16)18(19,20)21/h4-9H,1-3H3,(H,22,24)(H,23,25). The first-order valence-corrected chi connectivity index (χ1v) is 7.45. The average molecular weight is 350 g/mol. The van der Waals surface area contributed by atoms with E-state index >= 15 is 0 Å². The molecule has 0 saturated heterocycles. The van der Waals surface area contributed by atoms with Crippen molar-refractivity contribution in [1.82, 2.24) is 0 Å². The second-order valence-corrected chi connectivity index (χ2v) is 5.77. The minimum absolute atomic E-state index is 0.00391. The van der Waals surface area contributed by atoms with Gasteiger partial charge in [0.1, 0.15) is 0 Å². The maximum Gasteiger partial charge on any atom is 0.418 e. The highest BCUT2D eigenvalue weighted by atomic mass is 19.4. The highest BCUT2D eigenvalue weighted by Gasteiger charge is 2.34. The van der Waals surface area contributed by atoms with Crippen LogP contribution in [0.25, 0.3) is 0 Å². The largest absolute Gasteiger partial charge is 0.418 e. The molecule has 25 heavy (non-hydrogen) atoms. The van der Waals surface area contributed by atoms with Crippen molar-refractivity contribution in [2.45, 2.75) is 26.9 Å². The number of anilines is 2. The molecule has 0 unspecified atom stereocenters. The normalized spacial score (nSPS) is 11.1. The van der Waals surface area contributed by atoms with E-state index in [9.17, 15) is 22.8 Å². The predicted octanol–water partition coefficient (Wildman–Crippen LogP) is 4.53. The Kier molecular flexibility index (Phi) is 5.15. The molecule has 0 aliphatic carbocycles. The van der Waals surface area contributed by atoms with Gasteiger partial charge in [-0.2, -0.15) is 13.2 Å². The summed E-state index contributed by atoms with van der Waals surface area (Å²) in [6, 6.07) is 8.27. The van der Waals surface area contributed by atoms with E-state index in [0.717, 1.165) is 23.3 Å². The summed E-state index contributed by atoms with van der Waals surface area (Å²) in [5.74, 6) is -1.12. The van der Waals surface area contributed by atoms with Crippen molar-refractivity contribution >= 4 is 23.2 Å². The molecule has 0 aliphatic heterocycles. The molecule has 7 heteroatoms.